The normalized spacial score (nSPS) is 11.3. The molecular weight excluding hydrogens is 170 g/mol. The fraction of sp³-hybridized carbons (Fsp3) is 0.667. The summed E-state index contributed by atoms with van der Waals surface area (Å²) in [5.41, 5.74) is 2.29. The molecule has 0 aliphatic rings. The van der Waals surface area contributed by atoms with Gasteiger partial charge >= 0.3 is 5.97 Å². The van der Waals surface area contributed by atoms with Crippen molar-refractivity contribution in [2.45, 2.75) is 32.3 Å². The molecule has 0 aliphatic carbocycles. The van der Waals surface area contributed by atoms with Gasteiger partial charge < -0.3 is 9.94 Å². The predicted octanol–water partition coefficient (Wildman–Crippen LogP) is 0.218. The number of nitrogens with one attached hydrogen (secondary N) is 1. The van der Waals surface area contributed by atoms with Gasteiger partial charge in [-0.2, -0.15) is 5.48 Å². The quantitative estimate of drug-likeness (QED) is 0.475. The van der Waals surface area contributed by atoms with Gasteiger partial charge in [0.05, 0.1) is 0 Å². The molecule has 2 N–H and O–H groups in total. The lowest BCUT2D eigenvalue weighted by atomic mass is 10.1. The molecule has 74 valence electrons. The van der Waals surface area contributed by atoms with E-state index in [9.17, 15) is 4.79 Å². The Morgan fingerprint density at radius 3 is 2.92 bits per heavy atom. The Hall–Kier alpha value is -1.05. The van der Waals surface area contributed by atoms with Gasteiger partial charge in [-0.3, -0.25) is 4.79 Å². The number of hydrogen-bond acceptors (Lipinski definition) is 4. The number of rotatable bonds is 5. The minimum Gasteiger partial charge on any atom is -0.380 e. The number of hydroxylamine groups is 1. The summed E-state index contributed by atoms with van der Waals surface area (Å²) in [5.74, 6) is 4.87. The van der Waals surface area contributed by atoms with Crippen LogP contribution in [0.4, 0.5) is 0 Å². The maximum atomic E-state index is 10.8. The Labute approximate surface area is 78.2 Å². The molecule has 0 saturated carbocycles. The van der Waals surface area contributed by atoms with Gasteiger partial charge in [-0.15, -0.1) is 5.92 Å². The summed E-state index contributed by atoms with van der Waals surface area (Å²) < 4.78 is 0. The topological polar surface area (TPSA) is 58.6 Å². The van der Waals surface area contributed by atoms with Crippen LogP contribution < -0.4 is 5.48 Å². The molecule has 1 atom stereocenters. The zero-order valence-corrected chi connectivity index (χ0v) is 7.96. The van der Waals surface area contributed by atoms with Gasteiger partial charge in [-0.1, -0.05) is 5.92 Å². The molecule has 0 fully saturated rings. The van der Waals surface area contributed by atoms with E-state index in [1.165, 1.54) is 7.05 Å². The molecule has 0 radical (unpaired) electrons. The first-order valence-electron chi connectivity index (χ1n) is 4.17. The van der Waals surface area contributed by atoms with Crippen LogP contribution in [0.5, 0.6) is 0 Å². The second-order valence-electron chi connectivity index (χ2n) is 2.48. The first-order chi connectivity index (χ1) is 6.20. The van der Waals surface area contributed by atoms with Crippen molar-refractivity contribution in [3.05, 3.63) is 0 Å². The van der Waals surface area contributed by atoms with Crippen LogP contribution in [0.1, 0.15) is 26.2 Å². The van der Waals surface area contributed by atoms with Crippen LogP contribution in [-0.2, 0) is 9.63 Å². The largest absolute Gasteiger partial charge is 0.380 e. The fourth-order valence-corrected chi connectivity index (χ4v) is 0.843. The molecule has 0 amide bonds. The smallest absolute Gasteiger partial charge is 0.324 e. The molecule has 13 heavy (non-hydrogen) atoms. The summed E-state index contributed by atoms with van der Waals surface area (Å²) in [6, 6.07) is 0. The molecular formula is C9H15NO3. The highest BCUT2D eigenvalue weighted by atomic mass is 16.7. The van der Waals surface area contributed by atoms with Crippen LogP contribution in [-0.4, -0.2) is 24.2 Å². The summed E-state index contributed by atoms with van der Waals surface area (Å²) in [6.45, 7) is 1.67. The molecule has 0 aromatic carbocycles. The van der Waals surface area contributed by atoms with Crippen LogP contribution in [0, 0.1) is 11.8 Å². The number of aliphatic hydroxyl groups excluding tert-OH is 1. The fourth-order valence-electron chi connectivity index (χ4n) is 0.843. The van der Waals surface area contributed by atoms with E-state index in [4.69, 9.17) is 5.11 Å². The van der Waals surface area contributed by atoms with Crippen LogP contribution in [0.3, 0.4) is 0 Å². The third-order valence-electron chi connectivity index (χ3n) is 1.39. The van der Waals surface area contributed by atoms with Crippen molar-refractivity contribution >= 4 is 5.97 Å². The number of carbonyl (C=O) groups is 1. The van der Waals surface area contributed by atoms with Crippen molar-refractivity contribution in [3.63, 3.8) is 0 Å². The average molecular weight is 185 g/mol. The van der Waals surface area contributed by atoms with Gasteiger partial charge in [-0.25, -0.2) is 0 Å². The first-order valence-corrected chi connectivity index (χ1v) is 4.17. The molecule has 4 nitrogen and oxygen atoms in total. The van der Waals surface area contributed by atoms with Crippen LogP contribution >= 0.6 is 0 Å². The molecule has 0 aromatic heterocycles. The summed E-state index contributed by atoms with van der Waals surface area (Å²) in [6.07, 6.45) is 0.742. The minimum absolute atomic E-state index is 0.295. The summed E-state index contributed by atoms with van der Waals surface area (Å²) >= 11 is 0. The SMILES string of the molecule is CC#C[C@@H](O)CCCC(=O)ONC. The Kier molecular flexibility index (Phi) is 6.98. The molecule has 0 saturated heterocycles. The van der Waals surface area contributed by atoms with E-state index in [-0.39, 0.29) is 5.97 Å². The van der Waals surface area contributed by atoms with Crippen molar-refractivity contribution in [1.82, 2.24) is 5.48 Å². The third-order valence-corrected chi connectivity index (χ3v) is 1.39. The van der Waals surface area contributed by atoms with Crippen molar-refractivity contribution in [2.24, 2.45) is 0 Å². The van der Waals surface area contributed by atoms with Gasteiger partial charge in [0.25, 0.3) is 0 Å². The molecule has 4 heteroatoms. The lowest BCUT2D eigenvalue weighted by Gasteiger charge is -2.02. The average Bonchev–Trinajstić information content (AvgIpc) is 2.05. The second kappa shape index (κ2) is 7.59. The number of hydrogen-bond donors (Lipinski definition) is 2. The van der Waals surface area contributed by atoms with Gasteiger partial charge in [0.2, 0.25) is 0 Å². The van der Waals surface area contributed by atoms with Crippen molar-refractivity contribution in [1.29, 1.82) is 0 Å². The Morgan fingerprint density at radius 1 is 1.69 bits per heavy atom. The zero-order chi connectivity index (χ0) is 10.1. The van der Waals surface area contributed by atoms with E-state index < -0.39 is 6.10 Å². The summed E-state index contributed by atoms with van der Waals surface area (Å²) in [5, 5.41) is 9.15. The zero-order valence-electron chi connectivity index (χ0n) is 7.96. The van der Waals surface area contributed by atoms with E-state index in [1.807, 2.05) is 0 Å². The maximum absolute atomic E-state index is 10.8. The van der Waals surface area contributed by atoms with Crippen LogP contribution in [0.15, 0.2) is 0 Å². The highest BCUT2D eigenvalue weighted by Crippen LogP contribution is 2.00. The van der Waals surface area contributed by atoms with Gasteiger partial charge in [0, 0.05) is 13.5 Å². The van der Waals surface area contributed by atoms with Gasteiger partial charge in [-0.05, 0) is 19.8 Å². The van der Waals surface area contributed by atoms with Crippen molar-refractivity contribution in [3.8, 4) is 11.8 Å². The van der Waals surface area contributed by atoms with Crippen LogP contribution in [0.2, 0.25) is 0 Å². The van der Waals surface area contributed by atoms with E-state index in [2.05, 4.69) is 22.2 Å². The standard InChI is InChI=1S/C9H15NO3/c1-3-5-8(11)6-4-7-9(12)13-10-2/h8,10-11H,4,6-7H2,1-2H3/t8-/m1/s1. The molecule has 0 bridgehead atoms. The molecule has 0 heterocycles. The molecule has 0 spiro atoms. The lowest BCUT2D eigenvalue weighted by molar-refractivity contribution is -0.150. The second-order valence-corrected chi connectivity index (χ2v) is 2.48. The van der Waals surface area contributed by atoms with E-state index >= 15 is 0 Å². The van der Waals surface area contributed by atoms with E-state index in [0.717, 1.165) is 0 Å². The Morgan fingerprint density at radius 2 is 2.38 bits per heavy atom. The van der Waals surface area contributed by atoms with Crippen LogP contribution in [0.25, 0.3) is 0 Å². The van der Waals surface area contributed by atoms with Crippen molar-refractivity contribution < 1.29 is 14.7 Å². The molecule has 0 aliphatic heterocycles. The summed E-state index contributed by atoms with van der Waals surface area (Å²) in [4.78, 5) is 15.3. The highest BCUT2D eigenvalue weighted by Gasteiger charge is 2.04. The first kappa shape index (κ1) is 11.9. The van der Waals surface area contributed by atoms with Gasteiger partial charge in [0.1, 0.15) is 6.10 Å². The number of aliphatic hydroxyl groups is 1. The van der Waals surface area contributed by atoms with E-state index in [0.29, 0.717) is 19.3 Å². The van der Waals surface area contributed by atoms with Crippen molar-refractivity contribution in [2.75, 3.05) is 7.05 Å². The minimum atomic E-state index is -0.632. The summed E-state index contributed by atoms with van der Waals surface area (Å²) in [7, 11) is 1.52. The molecule has 0 aromatic rings. The Bertz CT molecular complexity index is 205. The van der Waals surface area contributed by atoms with E-state index in [1.54, 1.807) is 6.92 Å². The lowest BCUT2D eigenvalue weighted by Crippen LogP contribution is -2.15. The molecule has 0 rings (SSSR count). The Balaban J connectivity index is 3.42. The third kappa shape index (κ3) is 7.32. The monoisotopic (exact) mass is 185 g/mol. The maximum Gasteiger partial charge on any atom is 0.324 e. The highest BCUT2D eigenvalue weighted by molar-refractivity contribution is 5.68. The molecule has 0 unspecified atom stereocenters. The number of carbonyl (C=O) groups excluding carboxylic acids is 1. The van der Waals surface area contributed by atoms with Gasteiger partial charge in [0.15, 0.2) is 0 Å². The predicted molar refractivity (Wildman–Crippen MR) is 48.5 cm³/mol.